The van der Waals surface area contributed by atoms with Crippen LogP contribution in [0, 0.1) is 23.2 Å². The molecule has 5 atom stereocenters. The summed E-state index contributed by atoms with van der Waals surface area (Å²) in [5.74, 6) is 1.81. The molecule has 2 saturated heterocycles. The standard InChI is InChI=1S/C18H32O3/c1-17(2,3)14-4-5-16(19)15(10-14)13-6-8-21-18(11-13)7-9-20-12-18/h13-16,19H,4-12H2,1-3H3. The van der Waals surface area contributed by atoms with E-state index in [0.29, 0.717) is 17.3 Å². The highest BCUT2D eigenvalue weighted by Crippen LogP contribution is 2.47. The van der Waals surface area contributed by atoms with Crippen LogP contribution in [0.25, 0.3) is 0 Å². The van der Waals surface area contributed by atoms with Gasteiger partial charge in [0.15, 0.2) is 0 Å². The summed E-state index contributed by atoms with van der Waals surface area (Å²) in [7, 11) is 0. The van der Waals surface area contributed by atoms with Gasteiger partial charge in [0, 0.05) is 19.6 Å². The van der Waals surface area contributed by atoms with Crippen molar-refractivity contribution in [3.63, 3.8) is 0 Å². The molecule has 21 heavy (non-hydrogen) atoms. The molecule has 2 aliphatic heterocycles. The predicted octanol–water partition coefficient (Wildman–Crippen LogP) is 3.40. The van der Waals surface area contributed by atoms with Crippen molar-refractivity contribution < 1.29 is 14.6 Å². The molecule has 0 amide bonds. The summed E-state index contributed by atoms with van der Waals surface area (Å²) in [6.45, 7) is 9.49. The van der Waals surface area contributed by atoms with Gasteiger partial charge >= 0.3 is 0 Å². The predicted molar refractivity (Wildman–Crippen MR) is 83.1 cm³/mol. The van der Waals surface area contributed by atoms with Gasteiger partial charge in [0.2, 0.25) is 0 Å². The van der Waals surface area contributed by atoms with E-state index in [1.54, 1.807) is 0 Å². The van der Waals surface area contributed by atoms with Crippen LogP contribution in [0.5, 0.6) is 0 Å². The van der Waals surface area contributed by atoms with Crippen LogP contribution in [0.3, 0.4) is 0 Å². The lowest BCUT2D eigenvalue weighted by Gasteiger charge is -2.46. The highest BCUT2D eigenvalue weighted by atomic mass is 16.6. The molecule has 3 nitrogen and oxygen atoms in total. The minimum absolute atomic E-state index is 0.0304. The summed E-state index contributed by atoms with van der Waals surface area (Å²) >= 11 is 0. The van der Waals surface area contributed by atoms with Gasteiger partial charge in [-0.1, -0.05) is 20.8 Å². The topological polar surface area (TPSA) is 38.7 Å². The molecular formula is C18H32O3. The summed E-state index contributed by atoms with van der Waals surface area (Å²) in [6, 6.07) is 0. The molecule has 0 aromatic rings. The monoisotopic (exact) mass is 296 g/mol. The average molecular weight is 296 g/mol. The van der Waals surface area contributed by atoms with Crippen molar-refractivity contribution in [2.75, 3.05) is 19.8 Å². The fourth-order valence-corrected chi connectivity index (χ4v) is 4.78. The molecule has 2 heterocycles. The van der Waals surface area contributed by atoms with Gasteiger partial charge in [-0.15, -0.1) is 0 Å². The molecule has 0 bridgehead atoms. The van der Waals surface area contributed by atoms with Crippen molar-refractivity contribution in [3.05, 3.63) is 0 Å². The zero-order valence-corrected chi connectivity index (χ0v) is 13.9. The SMILES string of the molecule is CC(C)(C)C1CCC(O)C(C2CCOC3(CCOC3)C2)C1. The Morgan fingerprint density at radius 2 is 1.90 bits per heavy atom. The molecule has 1 spiro atoms. The Morgan fingerprint density at radius 3 is 2.57 bits per heavy atom. The Labute approximate surface area is 129 Å². The zero-order valence-electron chi connectivity index (χ0n) is 13.9. The summed E-state index contributed by atoms with van der Waals surface area (Å²) < 4.78 is 11.7. The van der Waals surface area contributed by atoms with E-state index < -0.39 is 0 Å². The minimum Gasteiger partial charge on any atom is -0.393 e. The first-order chi connectivity index (χ1) is 9.90. The number of aliphatic hydroxyl groups is 1. The van der Waals surface area contributed by atoms with Crippen molar-refractivity contribution >= 4 is 0 Å². The van der Waals surface area contributed by atoms with E-state index in [2.05, 4.69) is 20.8 Å². The van der Waals surface area contributed by atoms with Crippen molar-refractivity contribution in [1.82, 2.24) is 0 Å². The average Bonchev–Trinajstić information content (AvgIpc) is 2.86. The third-order valence-corrected chi connectivity index (χ3v) is 6.29. The highest BCUT2D eigenvalue weighted by molar-refractivity contribution is 4.96. The molecule has 3 aliphatic rings. The van der Waals surface area contributed by atoms with Gasteiger partial charge in [-0.25, -0.2) is 0 Å². The van der Waals surface area contributed by atoms with Crippen molar-refractivity contribution in [2.45, 2.75) is 71.0 Å². The Bertz CT molecular complexity index is 354. The molecular weight excluding hydrogens is 264 g/mol. The molecule has 1 aliphatic carbocycles. The number of rotatable bonds is 1. The van der Waals surface area contributed by atoms with Crippen molar-refractivity contribution in [2.24, 2.45) is 23.2 Å². The van der Waals surface area contributed by atoms with E-state index in [9.17, 15) is 5.11 Å². The van der Waals surface area contributed by atoms with E-state index in [0.717, 1.165) is 51.4 Å². The van der Waals surface area contributed by atoms with E-state index in [1.165, 1.54) is 12.8 Å². The Balaban J connectivity index is 1.69. The summed E-state index contributed by atoms with van der Waals surface area (Å²) in [4.78, 5) is 0. The largest absolute Gasteiger partial charge is 0.393 e. The normalized spacial score (nSPS) is 45.1. The maximum atomic E-state index is 10.6. The van der Waals surface area contributed by atoms with Gasteiger partial charge in [0.1, 0.15) is 0 Å². The summed E-state index contributed by atoms with van der Waals surface area (Å²) in [5.41, 5.74) is 0.328. The van der Waals surface area contributed by atoms with Gasteiger partial charge < -0.3 is 14.6 Å². The smallest absolute Gasteiger partial charge is 0.0939 e. The second-order valence-electron chi connectivity index (χ2n) is 8.69. The first kappa shape index (κ1) is 15.8. The number of aliphatic hydroxyl groups excluding tert-OH is 1. The molecule has 3 rings (SSSR count). The molecule has 3 heteroatoms. The molecule has 1 saturated carbocycles. The van der Waals surface area contributed by atoms with Crippen LogP contribution in [0.4, 0.5) is 0 Å². The molecule has 0 aromatic heterocycles. The third kappa shape index (κ3) is 3.30. The van der Waals surface area contributed by atoms with Crippen LogP contribution in [-0.2, 0) is 9.47 Å². The van der Waals surface area contributed by atoms with Crippen molar-refractivity contribution in [1.29, 1.82) is 0 Å². The van der Waals surface area contributed by atoms with Crippen LogP contribution in [-0.4, -0.2) is 36.6 Å². The molecule has 122 valence electrons. The molecule has 3 fully saturated rings. The Morgan fingerprint density at radius 1 is 1.10 bits per heavy atom. The first-order valence-electron chi connectivity index (χ1n) is 8.79. The first-order valence-corrected chi connectivity index (χ1v) is 8.79. The van der Waals surface area contributed by atoms with Crippen LogP contribution < -0.4 is 0 Å². The minimum atomic E-state index is -0.105. The Hall–Kier alpha value is -0.120. The number of ether oxygens (including phenoxy) is 2. The lowest BCUT2D eigenvalue weighted by Crippen LogP contribution is -2.46. The van der Waals surface area contributed by atoms with E-state index in [1.807, 2.05) is 0 Å². The quantitative estimate of drug-likeness (QED) is 0.806. The maximum Gasteiger partial charge on any atom is 0.0939 e. The van der Waals surface area contributed by atoms with E-state index in [4.69, 9.17) is 9.47 Å². The molecule has 1 N–H and O–H groups in total. The third-order valence-electron chi connectivity index (χ3n) is 6.29. The van der Waals surface area contributed by atoms with Crippen LogP contribution in [0.2, 0.25) is 0 Å². The van der Waals surface area contributed by atoms with Crippen LogP contribution in [0.1, 0.15) is 59.3 Å². The number of hydrogen-bond donors (Lipinski definition) is 1. The molecule has 0 radical (unpaired) electrons. The fourth-order valence-electron chi connectivity index (χ4n) is 4.78. The Kier molecular flexibility index (Phi) is 4.37. The number of hydrogen-bond acceptors (Lipinski definition) is 3. The van der Waals surface area contributed by atoms with E-state index >= 15 is 0 Å². The lowest BCUT2D eigenvalue weighted by molar-refractivity contribution is -0.124. The zero-order chi connectivity index (χ0) is 15.1. The molecule has 0 aromatic carbocycles. The van der Waals surface area contributed by atoms with Gasteiger partial charge in [-0.3, -0.25) is 0 Å². The second kappa shape index (κ2) is 5.82. The maximum absolute atomic E-state index is 10.6. The van der Waals surface area contributed by atoms with Crippen LogP contribution in [0.15, 0.2) is 0 Å². The van der Waals surface area contributed by atoms with Gasteiger partial charge in [-0.2, -0.15) is 0 Å². The van der Waals surface area contributed by atoms with Gasteiger partial charge in [0.05, 0.1) is 18.3 Å². The summed E-state index contributed by atoms with van der Waals surface area (Å²) in [5, 5.41) is 10.6. The molecule has 5 unspecified atom stereocenters. The lowest BCUT2D eigenvalue weighted by atomic mass is 9.63. The van der Waals surface area contributed by atoms with Crippen LogP contribution >= 0.6 is 0 Å². The summed E-state index contributed by atoms with van der Waals surface area (Å²) in [6.07, 6.45) is 6.48. The van der Waals surface area contributed by atoms with E-state index in [-0.39, 0.29) is 11.7 Å². The van der Waals surface area contributed by atoms with Gasteiger partial charge in [0.25, 0.3) is 0 Å². The van der Waals surface area contributed by atoms with Gasteiger partial charge in [-0.05, 0) is 55.3 Å². The highest BCUT2D eigenvalue weighted by Gasteiger charge is 2.46. The van der Waals surface area contributed by atoms with Crippen molar-refractivity contribution in [3.8, 4) is 0 Å². The fraction of sp³-hybridized carbons (Fsp3) is 1.00. The second-order valence-corrected chi connectivity index (χ2v) is 8.69.